The standard InChI is InChI=1S/C15H20N6O2/c1-8(2)23-14(22)12-10(4)18-15-16-7-17-21(15)13(12)11-6-20(5)19-9(11)3/h6-8,13H,1-5H3,(H,16,17,18). The van der Waals surface area contributed by atoms with E-state index in [-0.39, 0.29) is 12.1 Å². The molecule has 0 spiro atoms. The molecular formula is C15H20N6O2. The number of esters is 1. The summed E-state index contributed by atoms with van der Waals surface area (Å²) in [6.45, 7) is 7.41. The normalized spacial score (nSPS) is 17.2. The van der Waals surface area contributed by atoms with Crippen molar-refractivity contribution in [1.82, 2.24) is 24.5 Å². The van der Waals surface area contributed by atoms with Crippen molar-refractivity contribution in [2.75, 3.05) is 5.32 Å². The number of anilines is 1. The molecule has 23 heavy (non-hydrogen) atoms. The van der Waals surface area contributed by atoms with Gasteiger partial charge in [0.05, 0.1) is 17.4 Å². The molecule has 0 fully saturated rings. The topological polar surface area (TPSA) is 86.9 Å². The number of rotatable bonds is 3. The van der Waals surface area contributed by atoms with Crippen molar-refractivity contribution >= 4 is 11.9 Å². The van der Waals surface area contributed by atoms with Crippen LogP contribution in [-0.2, 0) is 16.6 Å². The molecule has 0 radical (unpaired) electrons. The molecule has 1 atom stereocenters. The van der Waals surface area contributed by atoms with E-state index in [4.69, 9.17) is 4.74 Å². The molecule has 1 aliphatic heterocycles. The fourth-order valence-corrected chi connectivity index (χ4v) is 2.81. The molecule has 2 aromatic rings. The lowest BCUT2D eigenvalue weighted by Crippen LogP contribution is -2.30. The average molecular weight is 316 g/mol. The minimum absolute atomic E-state index is 0.199. The Morgan fingerprint density at radius 3 is 2.74 bits per heavy atom. The Morgan fingerprint density at radius 2 is 2.13 bits per heavy atom. The van der Waals surface area contributed by atoms with Crippen LogP contribution in [0.15, 0.2) is 23.8 Å². The molecule has 1 N–H and O–H groups in total. The van der Waals surface area contributed by atoms with Crippen LogP contribution < -0.4 is 5.32 Å². The van der Waals surface area contributed by atoms with Gasteiger partial charge < -0.3 is 10.1 Å². The predicted molar refractivity (Wildman–Crippen MR) is 83.7 cm³/mol. The largest absolute Gasteiger partial charge is 0.459 e. The number of fused-ring (bicyclic) bond motifs is 1. The number of hydrogen-bond donors (Lipinski definition) is 1. The maximum absolute atomic E-state index is 12.6. The Kier molecular flexibility index (Phi) is 3.67. The van der Waals surface area contributed by atoms with Gasteiger partial charge in [-0.1, -0.05) is 0 Å². The summed E-state index contributed by atoms with van der Waals surface area (Å²) in [5.41, 5.74) is 2.97. The minimum Gasteiger partial charge on any atom is -0.459 e. The summed E-state index contributed by atoms with van der Waals surface area (Å²) in [4.78, 5) is 16.8. The highest BCUT2D eigenvalue weighted by Crippen LogP contribution is 2.36. The van der Waals surface area contributed by atoms with Crippen molar-refractivity contribution in [3.8, 4) is 0 Å². The van der Waals surface area contributed by atoms with Crippen LogP contribution in [0.2, 0.25) is 0 Å². The zero-order valence-electron chi connectivity index (χ0n) is 13.9. The highest BCUT2D eigenvalue weighted by Gasteiger charge is 2.36. The fraction of sp³-hybridized carbons (Fsp3) is 0.467. The van der Waals surface area contributed by atoms with Gasteiger partial charge in [-0.2, -0.15) is 15.2 Å². The van der Waals surface area contributed by atoms with E-state index in [1.54, 1.807) is 9.36 Å². The highest BCUT2D eigenvalue weighted by molar-refractivity contribution is 5.92. The molecule has 0 aliphatic carbocycles. The summed E-state index contributed by atoms with van der Waals surface area (Å²) in [5, 5.41) is 11.8. The van der Waals surface area contributed by atoms with Gasteiger partial charge in [-0.25, -0.2) is 9.48 Å². The van der Waals surface area contributed by atoms with Crippen LogP contribution in [0.4, 0.5) is 5.95 Å². The Labute approximate surface area is 134 Å². The third kappa shape index (κ3) is 2.60. The molecule has 8 nitrogen and oxygen atoms in total. The van der Waals surface area contributed by atoms with E-state index >= 15 is 0 Å². The van der Waals surface area contributed by atoms with Gasteiger partial charge in [0.15, 0.2) is 0 Å². The summed E-state index contributed by atoms with van der Waals surface area (Å²) in [6.07, 6.45) is 3.16. The molecule has 2 aromatic heterocycles. The number of nitrogens with zero attached hydrogens (tertiary/aromatic N) is 5. The summed E-state index contributed by atoms with van der Waals surface area (Å²) >= 11 is 0. The lowest BCUT2D eigenvalue weighted by molar-refractivity contribution is -0.143. The third-order valence-electron chi connectivity index (χ3n) is 3.70. The molecular weight excluding hydrogens is 296 g/mol. The molecule has 0 aromatic carbocycles. The smallest absolute Gasteiger partial charge is 0.338 e. The molecule has 8 heteroatoms. The predicted octanol–water partition coefficient (Wildman–Crippen LogP) is 1.56. The molecule has 1 unspecified atom stereocenters. The van der Waals surface area contributed by atoms with Crippen molar-refractivity contribution in [3.05, 3.63) is 35.1 Å². The number of allylic oxidation sites excluding steroid dienone is 1. The number of carbonyl (C=O) groups excluding carboxylic acids is 1. The molecule has 122 valence electrons. The van der Waals surface area contributed by atoms with Crippen molar-refractivity contribution in [2.24, 2.45) is 7.05 Å². The lowest BCUT2D eigenvalue weighted by Gasteiger charge is -2.28. The van der Waals surface area contributed by atoms with Gasteiger partial charge >= 0.3 is 5.97 Å². The Bertz CT molecular complexity index is 786. The Hall–Kier alpha value is -2.64. The molecule has 3 rings (SSSR count). The van der Waals surface area contributed by atoms with Gasteiger partial charge in [0.2, 0.25) is 5.95 Å². The van der Waals surface area contributed by atoms with Crippen LogP contribution in [0.3, 0.4) is 0 Å². The van der Waals surface area contributed by atoms with E-state index in [9.17, 15) is 4.79 Å². The van der Waals surface area contributed by atoms with E-state index in [1.807, 2.05) is 40.9 Å². The molecule has 3 heterocycles. The molecule has 0 saturated carbocycles. The van der Waals surface area contributed by atoms with Crippen LogP contribution in [0.5, 0.6) is 0 Å². The van der Waals surface area contributed by atoms with Crippen molar-refractivity contribution < 1.29 is 9.53 Å². The Morgan fingerprint density at radius 1 is 1.39 bits per heavy atom. The van der Waals surface area contributed by atoms with Crippen molar-refractivity contribution in [2.45, 2.75) is 39.8 Å². The first-order valence-corrected chi connectivity index (χ1v) is 7.47. The third-order valence-corrected chi connectivity index (χ3v) is 3.70. The monoisotopic (exact) mass is 316 g/mol. The number of hydrogen-bond acceptors (Lipinski definition) is 6. The van der Waals surface area contributed by atoms with E-state index < -0.39 is 6.04 Å². The van der Waals surface area contributed by atoms with E-state index in [0.717, 1.165) is 11.3 Å². The SMILES string of the molecule is CC1=C(C(=O)OC(C)C)C(c2cn(C)nc2C)n2ncnc2N1. The second-order valence-corrected chi connectivity index (χ2v) is 5.89. The summed E-state index contributed by atoms with van der Waals surface area (Å²) in [7, 11) is 1.85. The van der Waals surface area contributed by atoms with Crippen LogP contribution in [-0.4, -0.2) is 36.6 Å². The van der Waals surface area contributed by atoms with E-state index in [0.29, 0.717) is 17.2 Å². The molecule has 0 bridgehead atoms. The lowest BCUT2D eigenvalue weighted by atomic mass is 9.96. The second-order valence-electron chi connectivity index (χ2n) is 5.89. The number of aromatic nitrogens is 5. The first kappa shape index (κ1) is 15.3. The maximum Gasteiger partial charge on any atom is 0.338 e. The van der Waals surface area contributed by atoms with Crippen LogP contribution in [0, 0.1) is 6.92 Å². The van der Waals surface area contributed by atoms with Crippen LogP contribution >= 0.6 is 0 Å². The van der Waals surface area contributed by atoms with Crippen molar-refractivity contribution in [3.63, 3.8) is 0 Å². The van der Waals surface area contributed by atoms with Gasteiger partial charge in [0.1, 0.15) is 12.4 Å². The maximum atomic E-state index is 12.6. The van der Waals surface area contributed by atoms with Gasteiger partial charge in [-0.05, 0) is 27.7 Å². The fourth-order valence-electron chi connectivity index (χ4n) is 2.81. The summed E-state index contributed by atoms with van der Waals surface area (Å²) < 4.78 is 8.84. The molecule has 0 amide bonds. The zero-order valence-corrected chi connectivity index (χ0v) is 13.9. The molecule has 1 aliphatic rings. The molecule has 0 saturated heterocycles. The van der Waals surface area contributed by atoms with Crippen molar-refractivity contribution in [1.29, 1.82) is 0 Å². The van der Waals surface area contributed by atoms with Gasteiger partial charge in [0.25, 0.3) is 0 Å². The Balaban J connectivity index is 2.15. The average Bonchev–Trinajstić information content (AvgIpc) is 3.02. The van der Waals surface area contributed by atoms with Gasteiger partial charge in [-0.15, -0.1) is 0 Å². The quantitative estimate of drug-likeness (QED) is 0.865. The minimum atomic E-state index is -0.409. The number of carbonyl (C=O) groups is 1. The summed E-state index contributed by atoms with van der Waals surface area (Å²) in [5.74, 6) is 0.233. The highest BCUT2D eigenvalue weighted by atomic mass is 16.5. The first-order valence-electron chi connectivity index (χ1n) is 7.47. The number of nitrogens with one attached hydrogen (secondary N) is 1. The summed E-state index contributed by atoms with van der Waals surface area (Å²) in [6, 6.07) is -0.409. The first-order chi connectivity index (χ1) is 10.9. The second kappa shape index (κ2) is 5.53. The number of aryl methyl sites for hydroxylation is 2. The number of ether oxygens (including phenoxy) is 1. The van der Waals surface area contributed by atoms with E-state index in [2.05, 4.69) is 20.5 Å². The van der Waals surface area contributed by atoms with Gasteiger partial charge in [0, 0.05) is 24.5 Å². The van der Waals surface area contributed by atoms with Crippen LogP contribution in [0.1, 0.15) is 38.1 Å². The zero-order chi connectivity index (χ0) is 16.7. The van der Waals surface area contributed by atoms with E-state index in [1.165, 1.54) is 6.33 Å². The van der Waals surface area contributed by atoms with Gasteiger partial charge in [-0.3, -0.25) is 4.68 Å². The van der Waals surface area contributed by atoms with Crippen LogP contribution in [0.25, 0.3) is 0 Å².